The molecule has 0 unspecified atom stereocenters. The van der Waals surface area contributed by atoms with Crippen molar-refractivity contribution >= 4 is 28.9 Å². The minimum Gasteiger partial charge on any atom is -0.495 e. The first-order chi connectivity index (χ1) is 10.5. The third-order valence-electron chi connectivity index (χ3n) is 3.34. The number of carbonyl (C=O) groups is 1. The van der Waals surface area contributed by atoms with Crippen LogP contribution in [0.25, 0.3) is 0 Å². The molecule has 0 saturated carbocycles. The summed E-state index contributed by atoms with van der Waals surface area (Å²) < 4.78 is 5.24. The van der Waals surface area contributed by atoms with Crippen LogP contribution in [-0.4, -0.2) is 19.6 Å². The summed E-state index contributed by atoms with van der Waals surface area (Å²) in [6.07, 6.45) is 0. The Hall–Kier alpha value is -2.20. The number of rotatable bonds is 5. The highest BCUT2D eigenvalue weighted by Gasteiger charge is 2.10. The predicted octanol–water partition coefficient (Wildman–Crippen LogP) is 4.02. The standard InChI is InChI=1S/C17H19ClN2O2/c1-11-6-4-5-7-14(11)19-10-17(21)20-15-8-12(2)13(18)9-16(15)22-3/h4-9,19H,10H2,1-3H3,(H,20,21). The van der Waals surface area contributed by atoms with Crippen molar-refractivity contribution in [3.05, 3.63) is 52.5 Å². The number of halogens is 1. The summed E-state index contributed by atoms with van der Waals surface area (Å²) in [4.78, 5) is 12.1. The van der Waals surface area contributed by atoms with Gasteiger partial charge in [0.15, 0.2) is 0 Å². The van der Waals surface area contributed by atoms with E-state index in [-0.39, 0.29) is 12.5 Å². The number of benzene rings is 2. The molecular formula is C17H19ClN2O2. The molecule has 4 nitrogen and oxygen atoms in total. The lowest BCUT2D eigenvalue weighted by atomic mass is 10.2. The van der Waals surface area contributed by atoms with Crippen LogP contribution < -0.4 is 15.4 Å². The summed E-state index contributed by atoms with van der Waals surface area (Å²) in [5.41, 5.74) is 3.53. The molecule has 0 aliphatic carbocycles. The molecule has 2 N–H and O–H groups in total. The summed E-state index contributed by atoms with van der Waals surface area (Å²) in [5.74, 6) is 0.392. The van der Waals surface area contributed by atoms with Crippen molar-refractivity contribution in [1.29, 1.82) is 0 Å². The van der Waals surface area contributed by atoms with E-state index in [1.807, 2.05) is 38.1 Å². The van der Waals surface area contributed by atoms with Crippen LogP contribution in [0.15, 0.2) is 36.4 Å². The quantitative estimate of drug-likeness (QED) is 0.875. The maximum absolute atomic E-state index is 12.1. The molecule has 2 rings (SSSR count). The van der Waals surface area contributed by atoms with Gasteiger partial charge in [-0.25, -0.2) is 0 Å². The number of carbonyl (C=O) groups excluding carboxylic acids is 1. The first kappa shape index (κ1) is 16.2. The van der Waals surface area contributed by atoms with Crippen LogP contribution in [-0.2, 0) is 4.79 Å². The van der Waals surface area contributed by atoms with Crippen LogP contribution in [0, 0.1) is 13.8 Å². The lowest BCUT2D eigenvalue weighted by Crippen LogP contribution is -2.22. The van der Waals surface area contributed by atoms with Crippen LogP contribution in [0.1, 0.15) is 11.1 Å². The molecule has 22 heavy (non-hydrogen) atoms. The van der Waals surface area contributed by atoms with Gasteiger partial charge in [0.1, 0.15) is 5.75 Å². The average molecular weight is 319 g/mol. The molecular weight excluding hydrogens is 300 g/mol. The summed E-state index contributed by atoms with van der Waals surface area (Å²) in [5, 5.41) is 6.56. The Balaban J connectivity index is 2.03. The second kappa shape index (κ2) is 7.18. The van der Waals surface area contributed by atoms with Crippen molar-refractivity contribution in [3.8, 4) is 5.75 Å². The Morgan fingerprint density at radius 2 is 1.86 bits per heavy atom. The van der Waals surface area contributed by atoms with Crippen molar-refractivity contribution in [2.75, 3.05) is 24.3 Å². The molecule has 0 bridgehead atoms. The predicted molar refractivity (Wildman–Crippen MR) is 91.0 cm³/mol. The maximum Gasteiger partial charge on any atom is 0.243 e. The molecule has 2 aromatic rings. The van der Waals surface area contributed by atoms with Gasteiger partial charge >= 0.3 is 0 Å². The number of amides is 1. The molecule has 0 fully saturated rings. The minimum absolute atomic E-state index is 0.150. The molecule has 0 spiro atoms. The molecule has 116 valence electrons. The highest BCUT2D eigenvalue weighted by Crippen LogP contribution is 2.30. The fourth-order valence-corrected chi connectivity index (χ4v) is 2.22. The lowest BCUT2D eigenvalue weighted by molar-refractivity contribution is -0.114. The lowest BCUT2D eigenvalue weighted by Gasteiger charge is -2.13. The first-order valence-corrected chi connectivity index (χ1v) is 7.32. The van der Waals surface area contributed by atoms with Gasteiger partial charge in [0.2, 0.25) is 5.91 Å². The SMILES string of the molecule is COc1cc(Cl)c(C)cc1NC(=O)CNc1ccccc1C. The van der Waals surface area contributed by atoms with Crippen LogP contribution in [0.3, 0.4) is 0 Å². The van der Waals surface area contributed by atoms with E-state index in [2.05, 4.69) is 10.6 Å². The van der Waals surface area contributed by atoms with E-state index in [9.17, 15) is 4.79 Å². The van der Waals surface area contributed by atoms with Crippen molar-refractivity contribution in [2.45, 2.75) is 13.8 Å². The Bertz CT molecular complexity index is 686. The van der Waals surface area contributed by atoms with Gasteiger partial charge in [-0.2, -0.15) is 0 Å². The van der Waals surface area contributed by atoms with E-state index in [0.717, 1.165) is 16.8 Å². The Morgan fingerprint density at radius 1 is 1.14 bits per heavy atom. The number of ether oxygens (including phenoxy) is 1. The molecule has 2 aromatic carbocycles. The zero-order valence-electron chi connectivity index (χ0n) is 12.9. The molecule has 1 amide bonds. The maximum atomic E-state index is 12.1. The van der Waals surface area contributed by atoms with Gasteiger partial charge in [0.25, 0.3) is 0 Å². The fraction of sp³-hybridized carbons (Fsp3) is 0.235. The first-order valence-electron chi connectivity index (χ1n) is 6.94. The van der Waals surface area contributed by atoms with Gasteiger partial charge < -0.3 is 15.4 Å². The number of para-hydroxylation sites is 1. The summed E-state index contributed by atoms with van der Waals surface area (Å²) in [6.45, 7) is 4.05. The number of hydrogen-bond donors (Lipinski definition) is 2. The van der Waals surface area contributed by atoms with Crippen LogP contribution in [0.5, 0.6) is 5.75 Å². The molecule has 5 heteroatoms. The zero-order valence-corrected chi connectivity index (χ0v) is 13.6. The van der Waals surface area contributed by atoms with E-state index in [1.54, 1.807) is 19.2 Å². The van der Waals surface area contributed by atoms with Crippen molar-refractivity contribution in [1.82, 2.24) is 0 Å². The summed E-state index contributed by atoms with van der Waals surface area (Å²) >= 11 is 6.05. The van der Waals surface area contributed by atoms with Crippen LogP contribution in [0.4, 0.5) is 11.4 Å². The van der Waals surface area contributed by atoms with Gasteiger partial charge in [-0.05, 0) is 37.1 Å². The molecule has 0 atom stereocenters. The Kier molecular flexibility index (Phi) is 5.28. The highest BCUT2D eigenvalue weighted by molar-refractivity contribution is 6.31. The van der Waals surface area contributed by atoms with Gasteiger partial charge in [0.05, 0.1) is 19.3 Å². The molecule has 0 saturated heterocycles. The minimum atomic E-state index is -0.150. The van der Waals surface area contributed by atoms with E-state index in [0.29, 0.717) is 16.5 Å². The number of aryl methyl sites for hydroxylation is 2. The monoisotopic (exact) mass is 318 g/mol. The zero-order chi connectivity index (χ0) is 16.1. The van der Waals surface area contributed by atoms with Crippen LogP contribution >= 0.6 is 11.6 Å². The third-order valence-corrected chi connectivity index (χ3v) is 3.75. The highest BCUT2D eigenvalue weighted by atomic mass is 35.5. The third kappa shape index (κ3) is 3.92. The smallest absolute Gasteiger partial charge is 0.243 e. The number of methoxy groups -OCH3 is 1. The molecule has 0 heterocycles. The molecule has 0 aliphatic rings. The van der Waals surface area contributed by atoms with Gasteiger partial charge in [-0.15, -0.1) is 0 Å². The number of anilines is 2. The normalized spacial score (nSPS) is 10.2. The Morgan fingerprint density at radius 3 is 2.55 bits per heavy atom. The van der Waals surface area contributed by atoms with Gasteiger partial charge in [0, 0.05) is 16.8 Å². The molecule has 0 aromatic heterocycles. The van der Waals surface area contributed by atoms with Gasteiger partial charge in [-0.1, -0.05) is 29.8 Å². The van der Waals surface area contributed by atoms with Crippen molar-refractivity contribution in [2.24, 2.45) is 0 Å². The topological polar surface area (TPSA) is 50.4 Å². The average Bonchev–Trinajstić information content (AvgIpc) is 2.50. The second-order valence-electron chi connectivity index (χ2n) is 5.02. The fourth-order valence-electron chi connectivity index (χ4n) is 2.07. The second-order valence-corrected chi connectivity index (χ2v) is 5.43. The summed E-state index contributed by atoms with van der Waals surface area (Å²) in [6, 6.07) is 11.3. The Labute approximate surface area is 135 Å². The van der Waals surface area contributed by atoms with Crippen LogP contribution in [0.2, 0.25) is 5.02 Å². The largest absolute Gasteiger partial charge is 0.495 e. The van der Waals surface area contributed by atoms with Gasteiger partial charge in [-0.3, -0.25) is 4.79 Å². The van der Waals surface area contributed by atoms with E-state index >= 15 is 0 Å². The molecule has 0 aliphatic heterocycles. The number of nitrogens with one attached hydrogen (secondary N) is 2. The summed E-state index contributed by atoms with van der Waals surface area (Å²) in [7, 11) is 1.54. The number of hydrogen-bond acceptors (Lipinski definition) is 3. The van der Waals surface area contributed by atoms with E-state index in [4.69, 9.17) is 16.3 Å². The molecule has 0 radical (unpaired) electrons. The van der Waals surface area contributed by atoms with E-state index < -0.39 is 0 Å². The van der Waals surface area contributed by atoms with Crippen molar-refractivity contribution < 1.29 is 9.53 Å². The van der Waals surface area contributed by atoms with Crippen molar-refractivity contribution in [3.63, 3.8) is 0 Å². The van der Waals surface area contributed by atoms with E-state index in [1.165, 1.54) is 0 Å².